The average molecular weight is 313 g/mol. The lowest BCUT2D eigenvalue weighted by molar-refractivity contribution is -0.130. The standard InChI is InChI=1S/C15H21ClN2OS/c1-15(10-17)7-8-18(11-15)14(19)6-9-20-13-4-2-12(16)3-5-13/h2-5H,6-11,17H2,1H3. The van der Waals surface area contributed by atoms with Crippen LogP contribution in [-0.2, 0) is 4.79 Å². The van der Waals surface area contributed by atoms with Crippen molar-refractivity contribution in [3.05, 3.63) is 29.3 Å². The van der Waals surface area contributed by atoms with E-state index in [1.807, 2.05) is 29.2 Å². The van der Waals surface area contributed by atoms with Crippen molar-refractivity contribution in [1.82, 2.24) is 4.90 Å². The molecular formula is C15H21ClN2OS. The summed E-state index contributed by atoms with van der Waals surface area (Å²) in [7, 11) is 0. The van der Waals surface area contributed by atoms with Gasteiger partial charge in [-0.1, -0.05) is 18.5 Å². The number of hydrogen-bond donors (Lipinski definition) is 1. The van der Waals surface area contributed by atoms with E-state index in [1.165, 1.54) is 0 Å². The zero-order chi connectivity index (χ0) is 14.6. The lowest BCUT2D eigenvalue weighted by Gasteiger charge is -2.22. The van der Waals surface area contributed by atoms with E-state index >= 15 is 0 Å². The van der Waals surface area contributed by atoms with E-state index < -0.39 is 0 Å². The Hall–Kier alpha value is -0.710. The van der Waals surface area contributed by atoms with Gasteiger partial charge in [0.2, 0.25) is 5.91 Å². The molecule has 20 heavy (non-hydrogen) atoms. The molecule has 1 heterocycles. The highest BCUT2D eigenvalue weighted by molar-refractivity contribution is 7.99. The van der Waals surface area contributed by atoms with Gasteiger partial charge in [-0.05, 0) is 42.6 Å². The first-order valence-electron chi connectivity index (χ1n) is 6.89. The minimum Gasteiger partial charge on any atom is -0.342 e. The van der Waals surface area contributed by atoms with Gasteiger partial charge < -0.3 is 10.6 Å². The molecule has 0 bridgehead atoms. The van der Waals surface area contributed by atoms with Crippen LogP contribution in [0.4, 0.5) is 0 Å². The topological polar surface area (TPSA) is 46.3 Å². The number of carbonyl (C=O) groups excluding carboxylic acids is 1. The summed E-state index contributed by atoms with van der Waals surface area (Å²) in [5.74, 6) is 1.04. The van der Waals surface area contributed by atoms with Gasteiger partial charge in [0.25, 0.3) is 0 Å². The number of halogens is 1. The lowest BCUT2D eigenvalue weighted by atomic mass is 9.90. The van der Waals surface area contributed by atoms with Crippen molar-refractivity contribution in [2.24, 2.45) is 11.1 Å². The fourth-order valence-electron chi connectivity index (χ4n) is 2.35. The Labute approximate surface area is 129 Å². The summed E-state index contributed by atoms with van der Waals surface area (Å²) >= 11 is 7.53. The maximum absolute atomic E-state index is 12.1. The van der Waals surface area contributed by atoms with Crippen LogP contribution in [-0.4, -0.2) is 36.2 Å². The fraction of sp³-hybridized carbons (Fsp3) is 0.533. The van der Waals surface area contributed by atoms with E-state index in [9.17, 15) is 4.79 Å². The van der Waals surface area contributed by atoms with Crippen molar-refractivity contribution in [2.45, 2.75) is 24.7 Å². The number of nitrogens with two attached hydrogens (primary N) is 1. The van der Waals surface area contributed by atoms with E-state index in [0.717, 1.165) is 35.2 Å². The third-order valence-electron chi connectivity index (χ3n) is 3.80. The van der Waals surface area contributed by atoms with Gasteiger partial charge in [-0.3, -0.25) is 4.79 Å². The van der Waals surface area contributed by atoms with E-state index in [2.05, 4.69) is 6.92 Å². The van der Waals surface area contributed by atoms with Crippen LogP contribution < -0.4 is 5.73 Å². The summed E-state index contributed by atoms with van der Waals surface area (Å²) in [6.07, 6.45) is 1.59. The zero-order valence-electron chi connectivity index (χ0n) is 11.8. The Morgan fingerprint density at radius 1 is 1.45 bits per heavy atom. The monoisotopic (exact) mass is 312 g/mol. The van der Waals surface area contributed by atoms with Gasteiger partial charge in [0.05, 0.1) is 0 Å². The number of likely N-dealkylation sites (tertiary alicyclic amines) is 1. The lowest BCUT2D eigenvalue weighted by Crippen LogP contribution is -2.34. The Morgan fingerprint density at radius 2 is 2.15 bits per heavy atom. The van der Waals surface area contributed by atoms with Crippen LogP contribution in [0.3, 0.4) is 0 Å². The van der Waals surface area contributed by atoms with Crippen LogP contribution in [0.2, 0.25) is 5.02 Å². The summed E-state index contributed by atoms with van der Waals surface area (Å²) in [6, 6.07) is 7.72. The maximum atomic E-state index is 12.1. The first-order chi connectivity index (χ1) is 9.52. The maximum Gasteiger partial charge on any atom is 0.223 e. The third-order valence-corrected chi connectivity index (χ3v) is 5.07. The van der Waals surface area contributed by atoms with Gasteiger partial charge in [0.1, 0.15) is 0 Å². The molecule has 1 aromatic carbocycles. The number of hydrogen-bond acceptors (Lipinski definition) is 3. The van der Waals surface area contributed by atoms with Crippen LogP contribution in [0.25, 0.3) is 0 Å². The molecule has 0 saturated carbocycles. The molecule has 110 valence electrons. The highest BCUT2D eigenvalue weighted by Gasteiger charge is 2.34. The normalized spacial score (nSPS) is 22.2. The summed E-state index contributed by atoms with van der Waals surface area (Å²) in [5, 5.41) is 0.739. The van der Waals surface area contributed by atoms with E-state index in [4.69, 9.17) is 17.3 Å². The van der Waals surface area contributed by atoms with E-state index in [0.29, 0.717) is 13.0 Å². The fourth-order valence-corrected chi connectivity index (χ4v) is 3.32. The van der Waals surface area contributed by atoms with Gasteiger partial charge in [0, 0.05) is 35.2 Å². The smallest absolute Gasteiger partial charge is 0.223 e. The van der Waals surface area contributed by atoms with Gasteiger partial charge >= 0.3 is 0 Å². The molecule has 0 spiro atoms. The number of carbonyl (C=O) groups is 1. The molecule has 1 fully saturated rings. The second-order valence-electron chi connectivity index (χ2n) is 5.63. The molecule has 0 radical (unpaired) electrons. The molecule has 3 nitrogen and oxygen atoms in total. The van der Waals surface area contributed by atoms with Crippen LogP contribution >= 0.6 is 23.4 Å². The molecule has 1 unspecified atom stereocenters. The van der Waals surface area contributed by atoms with E-state index in [1.54, 1.807) is 11.8 Å². The van der Waals surface area contributed by atoms with Crippen molar-refractivity contribution >= 4 is 29.3 Å². The zero-order valence-corrected chi connectivity index (χ0v) is 13.3. The van der Waals surface area contributed by atoms with Crippen LogP contribution in [0.1, 0.15) is 19.8 Å². The molecule has 1 atom stereocenters. The summed E-state index contributed by atoms with van der Waals surface area (Å²) in [5.41, 5.74) is 5.88. The molecule has 1 aliphatic rings. The highest BCUT2D eigenvalue weighted by atomic mass is 35.5. The van der Waals surface area contributed by atoms with E-state index in [-0.39, 0.29) is 11.3 Å². The largest absolute Gasteiger partial charge is 0.342 e. The average Bonchev–Trinajstić information content (AvgIpc) is 2.84. The second-order valence-corrected chi connectivity index (χ2v) is 7.24. The molecule has 1 aromatic rings. The molecule has 0 aliphatic carbocycles. The first-order valence-corrected chi connectivity index (χ1v) is 8.25. The Kier molecular flexibility index (Phi) is 5.35. The molecule has 2 rings (SSSR count). The Bertz CT molecular complexity index is 465. The van der Waals surface area contributed by atoms with Crippen molar-refractivity contribution in [2.75, 3.05) is 25.4 Å². The quantitative estimate of drug-likeness (QED) is 0.850. The molecule has 5 heteroatoms. The minimum absolute atomic E-state index is 0.110. The number of benzene rings is 1. The van der Waals surface area contributed by atoms with Gasteiger partial charge in [-0.2, -0.15) is 0 Å². The summed E-state index contributed by atoms with van der Waals surface area (Å²) in [6.45, 7) is 4.45. The summed E-state index contributed by atoms with van der Waals surface area (Å²) in [4.78, 5) is 15.2. The Morgan fingerprint density at radius 3 is 2.75 bits per heavy atom. The molecule has 1 aliphatic heterocycles. The number of amides is 1. The predicted molar refractivity (Wildman–Crippen MR) is 85.2 cm³/mol. The van der Waals surface area contributed by atoms with Crippen LogP contribution in [0.5, 0.6) is 0 Å². The minimum atomic E-state index is 0.110. The molecular weight excluding hydrogens is 292 g/mol. The number of rotatable bonds is 5. The molecule has 1 saturated heterocycles. The van der Waals surface area contributed by atoms with Crippen molar-refractivity contribution in [1.29, 1.82) is 0 Å². The number of thioether (sulfide) groups is 1. The van der Waals surface area contributed by atoms with Crippen LogP contribution in [0, 0.1) is 5.41 Å². The predicted octanol–water partition coefficient (Wildman–Crippen LogP) is 3.02. The SMILES string of the molecule is CC1(CN)CCN(C(=O)CCSc2ccc(Cl)cc2)C1. The third kappa shape index (κ3) is 4.14. The first kappa shape index (κ1) is 15.7. The van der Waals surface area contributed by atoms with Crippen molar-refractivity contribution in [3.8, 4) is 0 Å². The molecule has 2 N–H and O–H groups in total. The van der Waals surface area contributed by atoms with Gasteiger partial charge in [-0.25, -0.2) is 0 Å². The number of nitrogens with zero attached hydrogens (tertiary/aromatic N) is 1. The highest BCUT2D eigenvalue weighted by Crippen LogP contribution is 2.29. The van der Waals surface area contributed by atoms with Crippen LogP contribution in [0.15, 0.2) is 29.2 Å². The van der Waals surface area contributed by atoms with Crippen molar-refractivity contribution < 1.29 is 4.79 Å². The van der Waals surface area contributed by atoms with Crippen molar-refractivity contribution in [3.63, 3.8) is 0 Å². The molecule has 1 amide bonds. The second kappa shape index (κ2) is 6.83. The molecule has 0 aromatic heterocycles. The summed E-state index contributed by atoms with van der Waals surface area (Å²) < 4.78 is 0. The Balaban J connectivity index is 1.74. The van der Waals surface area contributed by atoms with Gasteiger partial charge in [-0.15, -0.1) is 11.8 Å². The van der Waals surface area contributed by atoms with Gasteiger partial charge in [0.15, 0.2) is 0 Å².